The van der Waals surface area contributed by atoms with Crippen LogP contribution in [-0.2, 0) is 11.3 Å². The Morgan fingerprint density at radius 3 is 2.43 bits per heavy atom. The lowest BCUT2D eigenvalue weighted by molar-refractivity contribution is -0.118. The van der Waals surface area contributed by atoms with E-state index >= 15 is 0 Å². The molecular formula is C22H26ClN5OS. The SMILES string of the molecule is Cc1ccc(CNC(=O)CSc2nnc(C(C)N(C)C)n2-c2ccc(Cl)cc2)cc1. The molecule has 1 aromatic heterocycles. The summed E-state index contributed by atoms with van der Waals surface area (Å²) in [6.07, 6.45) is 0. The lowest BCUT2D eigenvalue weighted by Gasteiger charge is -2.20. The molecule has 30 heavy (non-hydrogen) atoms. The van der Waals surface area contributed by atoms with E-state index in [9.17, 15) is 4.79 Å². The van der Waals surface area contributed by atoms with E-state index in [4.69, 9.17) is 11.6 Å². The first-order chi connectivity index (χ1) is 14.3. The molecule has 0 aliphatic rings. The number of aryl methyl sites for hydroxylation is 1. The fourth-order valence-electron chi connectivity index (χ4n) is 2.80. The molecule has 1 N–H and O–H groups in total. The lowest BCUT2D eigenvalue weighted by atomic mass is 10.1. The molecule has 0 fully saturated rings. The van der Waals surface area contributed by atoms with Crippen molar-refractivity contribution in [1.29, 1.82) is 0 Å². The predicted octanol–water partition coefficient (Wildman–Crippen LogP) is 4.26. The standard InChI is InChI=1S/C22H26ClN5OS/c1-15-5-7-17(8-6-15)13-24-20(29)14-30-22-26-25-21(16(2)27(3)4)28(22)19-11-9-18(23)10-12-19/h5-12,16H,13-14H2,1-4H3,(H,24,29). The van der Waals surface area contributed by atoms with Crippen molar-refractivity contribution in [2.45, 2.75) is 31.6 Å². The Hall–Kier alpha value is -2.35. The molecule has 158 valence electrons. The molecule has 3 aromatic rings. The maximum absolute atomic E-state index is 12.4. The number of nitrogens with one attached hydrogen (secondary N) is 1. The van der Waals surface area contributed by atoms with Crippen molar-refractivity contribution in [3.8, 4) is 5.69 Å². The third kappa shape index (κ3) is 5.62. The lowest BCUT2D eigenvalue weighted by Crippen LogP contribution is -2.24. The van der Waals surface area contributed by atoms with Crippen molar-refractivity contribution in [2.24, 2.45) is 0 Å². The number of rotatable bonds is 8. The van der Waals surface area contributed by atoms with Crippen LogP contribution in [-0.4, -0.2) is 45.4 Å². The third-order valence-corrected chi connectivity index (χ3v) is 6.02. The van der Waals surface area contributed by atoms with Gasteiger partial charge in [-0.3, -0.25) is 14.3 Å². The van der Waals surface area contributed by atoms with Crippen LogP contribution >= 0.6 is 23.4 Å². The number of carbonyl (C=O) groups excluding carboxylic acids is 1. The molecular weight excluding hydrogens is 418 g/mol. The van der Waals surface area contributed by atoms with Crippen LogP contribution in [0.25, 0.3) is 5.69 Å². The Kier molecular flexibility index (Phi) is 7.53. The Morgan fingerprint density at radius 1 is 1.13 bits per heavy atom. The Balaban J connectivity index is 1.72. The van der Waals surface area contributed by atoms with Crippen LogP contribution < -0.4 is 5.32 Å². The molecule has 0 spiro atoms. The van der Waals surface area contributed by atoms with Crippen LogP contribution in [0.3, 0.4) is 0 Å². The number of thioether (sulfide) groups is 1. The molecule has 0 radical (unpaired) electrons. The molecule has 0 bridgehead atoms. The van der Waals surface area contributed by atoms with Crippen molar-refractivity contribution >= 4 is 29.3 Å². The van der Waals surface area contributed by atoms with Gasteiger partial charge in [-0.05, 0) is 57.8 Å². The molecule has 0 aliphatic carbocycles. The Morgan fingerprint density at radius 2 is 1.80 bits per heavy atom. The molecule has 1 heterocycles. The normalized spacial score (nSPS) is 12.2. The highest BCUT2D eigenvalue weighted by atomic mass is 35.5. The number of benzene rings is 2. The summed E-state index contributed by atoms with van der Waals surface area (Å²) in [6, 6.07) is 15.7. The maximum atomic E-state index is 12.4. The molecule has 1 unspecified atom stereocenters. The monoisotopic (exact) mass is 443 g/mol. The van der Waals surface area contributed by atoms with Crippen LogP contribution in [0.5, 0.6) is 0 Å². The highest BCUT2D eigenvalue weighted by molar-refractivity contribution is 7.99. The van der Waals surface area contributed by atoms with Crippen LogP contribution in [0, 0.1) is 6.92 Å². The van der Waals surface area contributed by atoms with Gasteiger partial charge in [0.15, 0.2) is 11.0 Å². The fraction of sp³-hybridized carbons (Fsp3) is 0.318. The summed E-state index contributed by atoms with van der Waals surface area (Å²) < 4.78 is 1.99. The summed E-state index contributed by atoms with van der Waals surface area (Å²) in [5.41, 5.74) is 3.19. The van der Waals surface area contributed by atoms with Gasteiger partial charge in [-0.15, -0.1) is 10.2 Å². The van der Waals surface area contributed by atoms with Crippen LogP contribution in [0.1, 0.15) is 29.9 Å². The van der Waals surface area contributed by atoms with Gasteiger partial charge in [-0.1, -0.05) is 53.2 Å². The van der Waals surface area contributed by atoms with Crippen molar-refractivity contribution in [2.75, 3.05) is 19.8 Å². The zero-order valence-electron chi connectivity index (χ0n) is 17.6. The molecule has 6 nitrogen and oxygen atoms in total. The summed E-state index contributed by atoms with van der Waals surface area (Å²) in [5.74, 6) is 1.02. The van der Waals surface area contributed by atoms with E-state index in [0.717, 1.165) is 17.1 Å². The zero-order valence-corrected chi connectivity index (χ0v) is 19.2. The van der Waals surface area contributed by atoms with E-state index in [1.807, 2.05) is 74.1 Å². The van der Waals surface area contributed by atoms with E-state index < -0.39 is 0 Å². The minimum absolute atomic E-state index is 0.0477. The number of nitrogens with zero attached hydrogens (tertiary/aromatic N) is 4. The average Bonchev–Trinajstić information content (AvgIpc) is 3.15. The number of carbonyl (C=O) groups is 1. The molecule has 0 aliphatic heterocycles. The fourth-order valence-corrected chi connectivity index (χ4v) is 3.71. The molecule has 0 saturated heterocycles. The second-order valence-electron chi connectivity index (χ2n) is 7.34. The van der Waals surface area contributed by atoms with Crippen molar-refractivity contribution in [3.63, 3.8) is 0 Å². The molecule has 0 saturated carbocycles. The smallest absolute Gasteiger partial charge is 0.230 e. The van der Waals surface area contributed by atoms with Gasteiger partial charge >= 0.3 is 0 Å². The predicted molar refractivity (Wildman–Crippen MR) is 122 cm³/mol. The molecule has 1 atom stereocenters. The van der Waals surface area contributed by atoms with E-state index in [2.05, 4.69) is 27.3 Å². The highest BCUT2D eigenvalue weighted by Crippen LogP contribution is 2.27. The quantitative estimate of drug-likeness (QED) is 0.527. The van der Waals surface area contributed by atoms with E-state index in [0.29, 0.717) is 16.7 Å². The summed E-state index contributed by atoms with van der Waals surface area (Å²) in [5, 5.41) is 13.1. The van der Waals surface area contributed by atoms with Gasteiger partial charge < -0.3 is 5.32 Å². The van der Waals surface area contributed by atoms with Gasteiger partial charge in [0, 0.05) is 17.3 Å². The second-order valence-corrected chi connectivity index (χ2v) is 8.72. The summed E-state index contributed by atoms with van der Waals surface area (Å²) in [7, 11) is 3.99. The Bertz CT molecular complexity index is 986. The van der Waals surface area contributed by atoms with Gasteiger partial charge in [0.2, 0.25) is 5.91 Å². The number of amides is 1. The topological polar surface area (TPSA) is 63.1 Å². The van der Waals surface area contributed by atoms with Crippen LogP contribution in [0.15, 0.2) is 53.7 Å². The average molecular weight is 444 g/mol. The zero-order chi connectivity index (χ0) is 21.7. The van der Waals surface area contributed by atoms with Crippen molar-refractivity contribution in [1.82, 2.24) is 25.0 Å². The molecule has 1 amide bonds. The van der Waals surface area contributed by atoms with Gasteiger partial charge in [-0.2, -0.15) is 0 Å². The van der Waals surface area contributed by atoms with E-state index in [1.165, 1.54) is 17.3 Å². The van der Waals surface area contributed by atoms with Crippen molar-refractivity contribution in [3.05, 3.63) is 70.5 Å². The summed E-state index contributed by atoms with van der Waals surface area (Å²) >= 11 is 7.42. The molecule has 8 heteroatoms. The van der Waals surface area contributed by atoms with Crippen LogP contribution in [0.4, 0.5) is 0 Å². The third-order valence-electron chi connectivity index (χ3n) is 4.83. The number of aromatic nitrogens is 3. The first kappa shape index (κ1) is 22.3. The number of halogens is 1. The van der Waals surface area contributed by atoms with Crippen LogP contribution in [0.2, 0.25) is 5.02 Å². The van der Waals surface area contributed by atoms with Crippen molar-refractivity contribution < 1.29 is 4.79 Å². The number of hydrogen-bond donors (Lipinski definition) is 1. The molecule has 2 aromatic carbocycles. The minimum atomic E-state index is -0.0477. The van der Waals surface area contributed by atoms with Gasteiger partial charge in [0.05, 0.1) is 11.8 Å². The van der Waals surface area contributed by atoms with Gasteiger partial charge in [0.25, 0.3) is 0 Å². The molecule has 3 rings (SSSR count). The maximum Gasteiger partial charge on any atom is 0.230 e. The minimum Gasteiger partial charge on any atom is -0.351 e. The van der Waals surface area contributed by atoms with E-state index in [1.54, 1.807) is 0 Å². The highest BCUT2D eigenvalue weighted by Gasteiger charge is 2.21. The Labute approximate surface area is 186 Å². The van der Waals surface area contributed by atoms with E-state index in [-0.39, 0.29) is 17.7 Å². The number of hydrogen-bond acceptors (Lipinski definition) is 5. The summed E-state index contributed by atoms with van der Waals surface area (Å²) in [6.45, 7) is 4.62. The summed E-state index contributed by atoms with van der Waals surface area (Å²) in [4.78, 5) is 14.5. The second kappa shape index (κ2) is 10.1. The van der Waals surface area contributed by atoms with Gasteiger partial charge in [-0.25, -0.2) is 0 Å². The van der Waals surface area contributed by atoms with Gasteiger partial charge in [0.1, 0.15) is 0 Å². The first-order valence-corrected chi connectivity index (χ1v) is 11.0. The first-order valence-electron chi connectivity index (χ1n) is 9.68. The largest absolute Gasteiger partial charge is 0.351 e.